The predicted molar refractivity (Wildman–Crippen MR) is 78.1 cm³/mol. The summed E-state index contributed by atoms with van der Waals surface area (Å²) in [5.41, 5.74) is 2.03. The van der Waals surface area contributed by atoms with Crippen molar-refractivity contribution in [3.63, 3.8) is 0 Å². The first-order valence-electron chi connectivity index (χ1n) is 5.31. The Morgan fingerprint density at radius 3 is 2.18 bits per heavy atom. The van der Waals surface area contributed by atoms with E-state index in [1.54, 1.807) is 6.08 Å². The van der Waals surface area contributed by atoms with Gasteiger partial charge in [-0.2, -0.15) is 0 Å². The predicted octanol–water partition coefficient (Wildman–Crippen LogP) is 5.21. The molecule has 1 aromatic carbocycles. The van der Waals surface area contributed by atoms with Gasteiger partial charge < -0.3 is 0 Å². The molecule has 0 amide bonds. The lowest BCUT2D eigenvalue weighted by molar-refractivity contribution is 1.63. The normalized spacial score (nSPS) is 11.6. The Labute approximate surface area is 108 Å². The van der Waals surface area contributed by atoms with Crippen LogP contribution in [0.25, 0.3) is 5.57 Å². The summed E-state index contributed by atoms with van der Waals surface area (Å²) in [7, 11) is 0. The molecular formula is C16H15Cl. The molecule has 0 heterocycles. The van der Waals surface area contributed by atoms with Crippen LogP contribution in [0.15, 0.2) is 80.0 Å². The lowest BCUT2D eigenvalue weighted by atomic mass is 10.1. The summed E-state index contributed by atoms with van der Waals surface area (Å²) in [6.45, 7) is 7.58. The monoisotopic (exact) mass is 242 g/mol. The summed E-state index contributed by atoms with van der Waals surface area (Å²) in [5.74, 6) is 0. The van der Waals surface area contributed by atoms with Crippen LogP contribution in [0, 0.1) is 0 Å². The lowest BCUT2D eigenvalue weighted by Crippen LogP contribution is -1.77. The third-order valence-electron chi connectivity index (χ3n) is 2.09. The third kappa shape index (κ3) is 5.19. The van der Waals surface area contributed by atoms with Gasteiger partial charge in [0.1, 0.15) is 0 Å². The van der Waals surface area contributed by atoms with E-state index in [0.29, 0.717) is 0 Å². The molecule has 17 heavy (non-hydrogen) atoms. The number of hydrogen-bond donors (Lipinski definition) is 0. The summed E-state index contributed by atoms with van der Waals surface area (Å²) < 4.78 is 0. The molecule has 0 unspecified atom stereocenters. The smallest absolute Gasteiger partial charge is 0.0406 e. The van der Waals surface area contributed by atoms with Gasteiger partial charge in [0.25, 0.3) is 0 Å². The molecule has 0 aliphatic rings. The molecule has 0 spiro atoms. The van der Waals surface area contributed by atoms with Gasteiger partial charge in [0.2, 0.25) is 0 Å². The molecule has 0 nitrogen and oxygen atoms in total. The molecule has 0 N–H and O–H groups in total. The summed E-state index contributed by atoms with van der Waals surface area (Å²) in [5, 5.41) is 0.736. The molecule has 0 radical (unpaired) electrons. The molecule has 0 aliphatic heterocycles. The third-order valence-corrected chi connectivity index (χ3v) is 2.34. The van der Waals surface area contributed by atoms with Gasteiger partial charge >= 0.3 is 0 Å². The van der Waals surface area contributed by atoms with Crippen LogP contribution >= 0.6 is 11.6 Å². The van der Waals surface area contributed by atoms with Gasteiger partial charge in [-0.25, -0.2) is 0 Å². The van der Waals surface area contributed by atoms with Gasteiger partial charge in [-0.3, -0.25) is 0 Å². The van der Waals surface area contributed by atoms with Crippen molar-refractivity contribution in [2.75, 3.05) is 0 Å². The summed E-state index contributed by atoms with van der Waals surface area (Å²) >= 11 is 5.82. The first-order valence-corrected chi connectivity index (χ1v) is 5.69. The first-order chi connectivity index (χ1) is 8.24. The summed E-state index contributed by atoms with van der Waals surface area (Å²) in [6, 6.07) is 7.63. The molecule has 0 saturated carbocycles. The minimum Gasteiger partial charge on any atom is -0.0991 e. The minimum absolute atomic E-state index is 0.736. The summed E-state index contributed by atoms with van der Waals surface area (Å²) in [6.07, 6.45) is 13.3. The average molecular weight is 243 g/mol. The van der Waals surface area contributed by atoms with Gasteiger partial charge in [0, 0.05) is 5.02 Å². The SMILES string of the molecule is C=C\C=C/C=C\C=C/C(=C)c1ccc(Cl)cc1. The van der Waals surface area contributed by atoms with Crippen molar-refractivity contribution in [1.29, 1.82) is 0 Å². The Bertz CT molecular complexity index is 459. The van der Waals surface area contributed by atoms with E-state index in [1.165, 1.54) is 0 Å². The van der Waals surface area contributed by atoms with Crippen LogP contribution in [0.3, 0.4) is 0 Å². The zero-order chi connectivity index (χ0) is 12.5. The maximum Gasteiger partial charge on any atom is 0.0406 e. The largest absolute Gasteiger partial charge is 0.0991 e. The van der Waals surface area contributed by atoms with E-state index >= 15 is 0 Å². The Balaban J connectivity index is 2.57. The molecule has 0 fully saturated rings. The van der Waals surface area contributed by atoms with E-state index in [4.69, 9.17) is 11.6 Å². The molecule has 0 saturated heterocycles. The number of rotatable bonds is 5. The highest BCUT2D eigenvalue weighted by molar-refractivity contribution is 6.30. The van der Waals surface area contributed by atoms with Crippen molar-refractivity contribution >= 4 is 17.2 Å². The fourth-order valence-electron chi connectivity index (χ4n) is 1.20. The Hall–Kier alpha value is -1.79. The fourth-order valence-corrected chi connectivity index (χ4v) is 1.33. The summed E-state index contributed by atoms with van der Waals surface area (Å²) in [4.78, 5) is 0. The molecule has 0 atom stereocenters. The van der Waals surface area contributed by atoms with Crippen molar-refractivity contribution in [1.82, 2.24) is 0 Å². The van der Waals surface area contributed by atoms with Gasteiger partial charge in [-0.15, -0.1) is 0 Å². The fraction of sp³-hybridized carbons (Fsp3) is 0. The van der Waals surface area contributed by atoms with Crippen LogP contribution in [0.5, 0.6) is 0 Å². The Morgan fingerprint density at radius 1 is 0.941 bits per heavy atom. The van der Waals surface area contributed by atoms with Gasteiger partial charge in [-0.05, 0) is 23.3 Å². The number of benzene rings is 1. The van der Waals surface area contributed by atoms with Crippen LogP contribution in [-0.4, -0.2) is 0 Å². The van der Waals surface area contributed by atoms with Crippen molar-refractivity contribution in [3.05, 3.63) is 90.5 Å². The highest BCUT2D eigenvalue weighted by Crippen LogP contribution is 2.16. The number of halogens is 1. The second-order valence-electron chi connectivity index (χ2n) is 3.40. The van der Waals surface area contributed by atoms with Crippen LogP contribution in [0.2, 0.25) is 5.02 Å². The maximum absolute atomic E-state index is 5.82. The second kappa shape index (κ2) is 7.48. The zero-order valence-corrected chi connectivity index (χ0v) is 10.4. The van der Waals surface area contributed by atoms with E-state index in [2.05, 4.69) is 13.2 Å². The highest BCUT2D eigenvalue weighted by Gasteiger charge is 1.93. The topological polar surface area (TPSA) is 0 Å². The van der Waals surface area contributed by atoms with E-state index in [-0.39, 0.29) is 0 Å². The zero-order valence-electron chi connectivity index (χ0n) is 9.64. The Kier molecular flexibility index (Phi) is 5.84. The Morgan fingerprint density at radius 2 is 1.53 bits per heavy atom. The van der Waals surface area contributed by atoms with Gasteiger partial charge in [-0.1, -0.05) is 79.4 Å². The molecule has 0 aliphatic carbocycles. The molecular weight excluding hydrogens is 228 g/mol. The van der Waals surface area contributed by atoms with E-state index in [0.717, 1.165) is 16.2 Å². The maximum atomic E-state index is 5.82. The van der Waals surface area contributed by atoms with Crippen LogP contribution in [0.1, 0.15) is 5.56 Å². The average Bonchev–Trinajstić information content (AvgIpc) is 2.34. The minimum atomic E-state index is 0.736. The van der Waals surface area contributed by atoms with Gasteiger partial charge in [0.15, 0.2) is 0 Å². The van der Waals surface area contributed by atoms with Crippen molar-refractivity contribution in [2.45, 2.75) is 0 Å². The molecule has 1 aromatic rings. The standard InChI is InChI=1S/C16H15Cl/c1-3-4-5-6-7-8-9-14(2)15-10-12-16(17)13-11-15/h3-13H,1-2H2/b5-4-,7-6-,9-8-. The molecule has 0 bridgehead atoms. The molecule has 0 aromatic heterocycles. The van der Waals surface area contributed by atoms with E-state index in [1.807, 2.05) is 60.7 Å². The molecule has 1 rings (SSSR count). The highest BCUT2D eigenvalue weighted by atomic mass is 35.5. The number of hydrogen-bond acceptors (Lipinski definition) is 0. The quantitative estimate of drug-likeness (QED) is 0.622. The van der Waals surface area contributed by atoms with Crippen LogP contribution in [0.4, 0.5) is 0 Å². The van der Waals surface area contributed by atoms with Gasteiger partial charge in [0.05, 0.1) is 0 Å². The molecule has 1 heteroatoms. The van der Waals surface area contributed by atoms with E-state index < -0.39 is 0 Å². The van der Waals surface area contributed by atoms with Crippen molar-refractivity contribution < 1.29 is 0 Å². The van der Waals surface area contributed by atoms with Crippen molar-refractivity contribution in [2.24, 2.45) is 0 Å². The number of allylic oxidation sites excluding steroid dienone is 8. The lowest BCUT2D eigenvalue weighted by Gasteiger charge is -1.99. The van der Waals surface area contributed by atoms with E-state index in [9.17, 15) is 0 Å². The van der Waals surface area contributed by atoms with Crippen LogP contribution in [-0.2, 0) is 0 Å². The second-order valence-corrected chi connectivity index (χ2v) is 3.83. The first kappa shape index (κ1) is 13.3. The van der Waals surface area contributed by atoms with Crippen molar-refractivity contribution in [3.8, 4) is 0 Å². The van der Waals surface area contributed by atoms with Crippen LogP contribution < -0.4 is 0 Å². The molecule has 86 valence electrons.